The van der Waals surface area contributed by atoms with Gasteiger partial charge in [-0.2, -0.15) is 0 Å². The molecule has 0 radical (unpaired) electrons. The van der Waals surface area contributed by atoms with Crippen LogP contribution in [-0.2, 0) is 0 Å². The van der Waals surface area contributed by atoms with Gasteiger partial charge in [0.25, 0.3) is 6.43 Å². The highest BCUT2D eigenvalue weighted by molar-refractivity contribution is 9.10. The predicted molar refractivity (Wildman–Crippen MR) is 63.3 cm³/mol. The van der Waals surface area contributed by atoms with Crippen LogP contribution in [0.25, 0.3) is 0 Å². The van der Waals surface area contributed by atoms with E-state index in [1.54, 1.807) is 0 Å². The maximum atomic E-state index is 12.4. The molecule has 0 spiro atoms. The predicted octanol–water partition coefficient (Wildman–Crippen LogP) is 3.54. The quantitative estimate of drug-likeness (QED) is 0.901. The number of ether oxygens (including phenoxy) is 1. The molecule has 17 heavy (non-hydrogen) atoms. The molecule has 1 aliphatic carbocycles. The number of halogens is 3. The summed E-state index contributed by atoms with van der Waals surface area (Å²) >= 11 is 3.20. The van der Waals surface area contributed by atoms with Gasteiger partial charge in [-0.05, 0) is 47.0 Å². The van der Waals surface area contributed by atoms with Gasteiger partial charge in [0.1, 0.15) is 5.75 Å². The normalized spacial score (nSPS) is 17.2. The summed E-state index contributed by atoms with van der Waals surface area (Å²) in [6, 6.07) is 4.24. The molecule has 2 nitrogen and oxygen atoms in total. The summed E-state index contributed by atoms with van der Waals surface area (Å²) in [5.41, 5.74) is -0.145. The lowest BCUT2D eigenvalue weighted by atomic mass is 10.1. The van der Waals surface area contributed by atoms with Gasteiger partial charge in [0.05, 0.1) is 17.7 Å². The minimum atomic E-state index is -2.48. The van der Waals surface area contributed by atoms with Crippen LogP contribution >= 0.6 is 15.9 Å². The van der Waals surface area contributed by atoms with E-state index in [1.165, 1.54) is 18.2 Å². The largest absolute Gasteiger partial charge is 0.492 e. The molecule has 1 aliphatic rings. The molecule has 1 fully saturated rings. The molecule has 94 valence electrons. The van der Waals surface area contributed by atoms with Crippen LogP contribution in [0.5, 0.6) is 5.75 Å². The molecule has 0 bridgehead atoms. The Hall–Kier alpha value is -0.680. The van der Waals surface area contributed by atoms with Crippen LogP contribution in [-0.4, -0.2) is 18.3 Å². The third-order valence-electron chi connectivity index (χ3n) is 3.03. The van der Waals surface area contributed by atoms with Gasteiger partial charge in [-0.15, -0.1) is 0 Å². The zero-order chi connectivity index (χ0) is 12.5. The SMILES string of the molecule is OCC1(COc2ccc(C(F)F)cc2Br)CC1. The molecule has 0 atom stereocenters. The van der Waals surface area contributed by atoms with Crippen LogP contribution in [0, 0.1) is 5.41 Å². The molecule has 1 aromatic rings. The number of benzene rings is 1. The lowest BCUT2D eigenvalue weighted by Crippen LogP contribution is -2.17. The Balaban J connectivity index is 2.01. The average molecular weight is 307 g/mol. The Morgan fingerprint density at radius 2 is 2.12 bits per heavy atom. The molecular formula is C12H13BrF2O2. The highest BCUT2D eigenvalue weighted by atomic mass is 79.9. The lowest BCUT2D eigenvalue weighted by molar-refractivity contribution is 0.145. The van der Waals surface area contributed by atoms with Gasteiger partial charge in [0, 0.05) is 11.0 Å². The van der Waals surface area contributed by atoms with E-state index in [2.05, 4.69) is 15.9 Å². The molecule has 0 unspecified atom stereocenters. The van der Waals surface area contributed by atoms with Crippen molar-refractivity contribution in [1.82, 2.24) is 0 Å². The van der Waals surface area contributed by atoms with Crippen molar-refractivity contribution in [3.8, 4) is 5.75 Å². The van der Waals surface area contributed by atoms with E-state index in [0.29, 0.717) is 16.8 Å². The zero-order valence-corrected chi connectivity index (χ0v) is 10.7. The van der Waals surface area contributed by atoms with Gasteiger partial charge < -0.3 is 9.84 Å². The number of aliphatic hydroxyl groups excluding tert-OH is 1. The van der Waals surface area contributed by atoms with Crippen LogP contribution in [0.3, 0.4) is 0 Å². The van der Waals surface area contributed by atoms with E-state index in [9.17, 15) is 8.78 Å². The van der Waals surface area contributed by atoms with Gasteiger partial charge in [0.15, 0.2) is 0 Å². The second-order valence-electron chi connectivity index (χ2n) is 4.44. The fourth-order valence-electron chi connectivity index (χ4n) is 1.53. The van der Waals surface area contributed by atoms with Crippen LogP contribution in [0.1, 0.15) is 24.8 Å². The molecule has 0 aliphatic heterocycles. The van der Waals surface area contributed by atoms with Crippen molar-refractivity contribution >= 4 is 15.9 Å². The van der Waals surface area contributed by atoms with Gasteiger partial charge in [-0.25, -0.2) is 8.78 Å². The number of rotatable bonds is 5. The van der Waals surface area contributed by atoms with Gasteiger partial charge in [-0.3, -0.25) is 0 Å². The first-order valence-corrected chi connectivity index (χ1v) is 6.17. The third-order valence-corrected chi connectivity index (χ3v) is 3.65. The highest BCUT2D eigenvalue weighted by Gasteiger charge is 2.43. The van der Waals surface area contributed by atoms with Crippen molar-refractivity contribution < 1.29 is 18.6 Å². The van der Waals surface area contributed by atoms with Gasteiger partial charge >= 0.3 is 0 Å². The summed E-state index contributed by atoms with van der Waals surface area (Å²) in [7, 11) is 0. The van der Waals surface area contributed by atoms with Crippen molar-refractivity contribution in [2.24, 2.45) is 5.41 Å². The van der Waals surface area contributed by atoms with E-state index >= 15 is 0 Å². The fraction of sp³-hybridized carbons (Fsp3) is 0.500. The number of alkyl halides is 2. The van der Waals surface area contributed by atoms with Crippen LogP contribution in [0.2, 0.25) is 0 Å². The molecule has 5 heteroatoms. The third kappa shape index (κ3) is 2.96. The number of aliphatic hydroxyl groups is 1. The molecular weight excluding hydrogens is 294 g/mol. The fourth-order valence-corrected chi connectivity index (χ4v) is 2.04. The topological polar surface area (TPSA) is 29.5 Å². The van der Waals surface area contributed by atoms with Gasteiger partial charge in [0.2, 0.25) is 0 Å². The van der Waals surface area contributed by atoms with Crippen molar-refractivity contribution in [3.63, 3.8) is 0 Å². The van der Waals surface area contributed by atoms with Crippen LogP contribution < -0.4 is 4.74 Å². The molecule has 0 heterocycles. The minimum Gasteiger partial charge on any atom is -0.492 e. The smallest absolute Gasteiger partial charge is 0.263 e. The average Bonchev–Trinajstić information content (AvgIpc) is 3.08. The van der Waals surface area contributed by atoms with E-state index in [1.807, 2.05) is 0 Å². The Bertz CT molecular complexity index is 405. The van der Waals surface area contributed by atoms with Crippen molar-refractivity contribution in [1.29, 1.82) is 0 Å². The Kier molecular flexibility index (Phi) is 3.68. The minimum absolute atomic E-state index is 0.0347. The summed E-state index contributed by atoms with van der Waals surface area (Å²) in [6.45, 7) is 0.538. The Labute approximate surface area is 107 Å². The standard InChI is InChI=1S/C12H13BrF2O2/c13-9-5-8(11(14)15)1-2-10(9)17-7-12(6-16)3-4-12/h1-2,5,11,16H,3-4,6-7H2. The summed E-state index contributed by atoms with van der Waals surface area (Å²) in [5, 5.41) is 9.13. The molecule has 0 saturated heterocycles. The number of hydrogen-bond acceptors (Lipinski definition) is 2. The first kappa shape index (κ1) is 12.8. The Morgan fingerprint density at radius 1 is 1.41 bits per heavy atom. The second kappa shape index (κ2) is 4.90. The summed E-state index contributed by atoms with van der Waals surface area (Å²) in [6.07, 6.45) is -0.570. The molecule has 2 rings (SSSR count). The van der Waals surface area contributed by atoms with Crippen molar-refractivity contribution in [3.05, 3.63) is 28.2 Å². The van der Waals surface area contributed by atoms with E-state index in [-0.39, 0.29) is 17.6 Å². The maximum Gasteiger partial charge on any atom is 0.263 e. The van der Waals surface area contributed by atoms with Gasteiger partial charge in [-0.1, -0.05) is 0 Å². The summed E-state index contributed by atoms with van der Waals surface area (Å²) in [4.78, 5) is 0. The molecule has 1 N–H and O–H groups in total. The number of hydrogen-bond donors (Lipinski definition) is 1. The first-order valence-electron chi connectivity index (χ1n) is 5.38. The second-order valence-corrected chi connectivity index (χ2v) is 5.29. The van der Waals surface area contributed by atoms with Crippen LogP contribution in [0.4, 0.5) is 8.78 Å². The van der Waals surface area contributed by atoms with E-state index in [4.69, 9.17) is 9.84 Å². The van der Waals surface area contributed by atoms with E-state index < -0.39 is 6.43 Å². The summed E-state index contributed by atoms with van der Waals surface area (Å²) < 4.78 is 30.9. The first-order chi connectivity index (χ1) is 8.06. The van der Waals surface area contributed by atoms with Crippen molar-refractivity contribution in [2.45, 2.75) is 19.3 Å². The molecule has 1 saturated carbocycles. The monoisotopic (exact) mass is 306 g/mol. The maximum absolute atomic E-state index is 12.4. The summed E-state index contributed by atoms with van der Waals surface area (Å²) in [5.74, 6) is 0.536. The van der Waals surface area contributed by atoms with E-state index in [0.717, 1.165) is 12.8 Å². The molecule has 0 amide bonds. The van der Waals surface area contributed by atoms with Crippen LogP contribution in [0.15, 0.2) is 22.7 Å². The molecule has 0 aromatic heterocycles. The van der Waals surface area contributed by atoms with Crippen molar-refractivity contribution in [2.75, 3.05) is 13.2 Å². The Morgan fingerprint density at radius 3 is 2.59 bits per heavy atom. The zero-order valence-electron chi connectivity index (χ0n) is 9.13. The lowest BCUT2D eigenvalue weighted by Gasteiger charge is -2.14. The highest BCUT2D eigenvalue weighted by Crippen LogP contribution is 2.45. The molecule has 1 aromatic carbocycles.